The molecule has 0 saturated heterocycles. The van der Waals surface area contributed by atoms with Crippen LogP contribution in [0.1, 0.15) is 18.4 Å². The highest BCUT2D eigenvalue weighted by molar-refractivity contribution is 7.92. The average Bonchev–Trinajstić information content (AvgIpc) is 2.42. The van der Waals surface area contributed by atoms with Crippen LogP contribution in [0.4, 0.5) is 5.69 Å². The lowest BCUT2D eigenvalue weighted by molar-refractivity contribution is 0.475. The zero-order valence-electron chi connectivity index (χ0n) is 11.5. The second-order valence-corrected chi connectivity index (χ2v) is 7.03. The van der Waals surface area contributed by atoms with E-state index in [1.165, 1.54) is 18.2 Å². The van der Waals surface area contributed by atoms with Crippen LogP contribution in [0.3, 0.4) is 0 Å². The second kappa shape index (κ2) is 6.37. The van der Waals surface area contributed by atoms with Crippen LogP contribution < -0.4 is 4.72 Å². The standard InChI is InChI=1S/C15H16ClNO3S/c1-11(12-5-3-2-4-6-12)10-21(19,20)17-15-8-7-13(18)9-14(15)16/h2-9,11,17-18H,10H2,1H3. The van der Waals surface area contributed by atoms with Gasteiger partial charge in [0.05, 0.1) is 16.5 Å². The topological polar surface area (TPSA) is 66.4 Å². The van der Waals surface area contributed by atoms with E-state index in [-0.39, 0.29) is 28.1 Å². The highest BCUT2D eigenvalue weighted by atomic mass is 35.5. The van der Waals surface area contributed by atoms with Gasteiger partial charge in [-0.05, 0) is 23.6 Å². The predicted molar refractivity (Wildman–Crippen MR) is 85.4 cm³/mol. The van der Waals surface area contributed by atoms with Gasteiger partial charge >= 0.3 is 0 Å². The molecule has 0 aliphatic rings. The van der Waals surface area contributed by atoms with E-state index in [0.29, 0.717) is 0 Å². The number of nitrogens with one attached hydrogen (secondary N) is 1. The zero-order chi connectivity index (χ0) is 15.5. The Labute approximate surface area is 129 Å². The van der Waals surface area contributed by atoms with Crippen LogP contribution in [0.15, 0.2) is 48.5 Å². The van der Waals surface area contributed by atoms with Gasteiger partial charge in [0.25, 0.3) is 0 Å². The van der Waals surface area contributed by atoms with Crippen molar-refractivity contribution in [1.82, 2.24) is 0 Å². The maximum Gasteiger partial charge on any atom is 0.233 e. The molecular formula is C15H16ClNO3S. The average molecular weight is 326 g/mol. The van der Waals surface area contributed by atoms with E-state index in [0.717, 1.165) is 5.56 Å². The van der Waals surface area contributed by atoms with E-state index >= 15 is 0 Å². The molecule has 112 valence electrons. The number of phenols is 1. The Morgan fingerprint density at radius 2 is 1.86 bits per heavy atom. The highest BCUT2D eigenvalue weighted by Gasteiger charge is 2.18. The quantitative estimate of drug-likeness (QED) is 0.825. The van der Waals surface area contributed by atoms with Gasteiger partial charge in [-0.3, -0.25) is 4.72 Å². The summed E-state index contributed by atoms with van der Waals surface area (Å²) in [6.45, 7) is 1.85. The molecule has 0 radical (unpaired) electrons. The number of hydrogen-bond acceptors (Lipinski definition) is 3. The van der Waals surface area contributed by atoms with Crippen molar-refractivity contribution in [2.45, 2.75) is 12.8 Å². The minimum Gasteiger partial charge on any atom is -0.508 e. The molecule has 0 fully saturated rings. The number of rotatable bonds is 5. The first-order chi connectivity index (χ1) is 9.87. The number of halogens is 1. The van der Waals surface area contributed by atoms with Gasteiger partial charge in [-0.1, -0.05) is 48.9 Å². The lowest BCUT2D eigenvalue weighted by Gasteiger charge is -2.14. The van der Waals surface area contributed by atoms with Crippen molar-refractivity contribution in [2.75, 3.05) is 10.5 Å². The molecule has 1 atom stereocenters. The van der Waals surface area contributed by atoms with Crippen molar-refractivity contribution in [3.05, 3.63) is 59.1 Å². The Bertz CT molecular complexity index is 717. The van der Waals surface area contributed by atoms with Crippen molar-refractivity contribution < 1.29 is 13.5 Å². The second-order valence-electron chi connectivity index (χ2n) is 4.86. The number of anilines is 1. The smallest absolute Gasteiger partial charge is 0.233 e. The highest BCUT2D eigenvalue weighted by Crippen LogP contribution is 2.27. The van der Waals surface area contributed by atoms with Gasteiger partial charge < -0.3 is 5.11 Å². The van der Waals surface area contributed by atoms with Gasteiger partial charge in [-0.15, -0.1) is 0 Å². The Kier molecular flexibility index (Phi) is 4.75. The first-order valence-electron chi connectivity index (χ1n) is 6.41. The summed E-state index contributed by atoms with van der Waals surface area (Å²) in [6, 6.07) is 13.5. The Morgan fingerprint density at radius 3 is 2.48 bits per heavy atom. The monoisotopic (exact) mass is 325 g/mol. The third-order valence-electron chi connectivity index (χ3n) is 3.06. The van der Waals surface area contributed by atoms with Gasteiger partial charge in [0.2, 0.25) is 10.0 Å². The largest absolute Gasteiger partial charge is 0.508 e. The maximum atomic E-state index is 12.2. The summed E-state index contributed by atoms with van der Waals surface area (Å²) in [6.07, 6.45) is 0. The molecule has 0 aromatic heterocycles. The molecular weight excluding hydrogens is 310 g/mol. The first kappa shape index (κ1) is 15.7. The normalized spacial score (nSPS) is 12.9. The van der Waals surface area contributed by atoms with E-state index in [4.69, 9.17) is 11.6 Å². The minimum atomic E-state index is -3.53. The molecule has 2 rings (SSSR count). The summed E-state index contributed by atoms with van der Waals surface area (Å²) in [7, 11) is -3.53. The van der Waals surface area contributed by atoms with Crippen molar-refractivity contribution in [2.24, 2.45) is 0 Å². The Balaban J connectivity index is 2.12. The minimum absolute atomic E-state index is 0.0133. The number of hydrogen-bond donors (Lipinski definition) is 2. The molecule has 0 aliphatic carbocycles. The molecule has 6 heteroatoms. The number of benzene rings is 2. The molecule has 4 nitrogen and oxygen atoms in total. The fourth-order valence-electron chi connectivity index (χ4n) is 2.00. The van der Waals surface area contributed by atoms with Crippen LogP contribution >= 0.6 is 11.6 Å². The summed E-state index contributed by atoms with van der Waals surface area (Å²) < 4.78 is 26.8. The lowest BCUT2D eigenvalue weighted by Crippen LogP contribution is -2.20. The van der Waals surface area contributed by atoms with Crippen LogP contribution in [-0.2, 0) is 10.0 Å². The van der Waals surface area contributed by atoms with E-state index < -0.39 is 10.0 Å². The molecule has 2 aromatic carbocycles. The first-order valence-corrected chi connectivity index (χ1v) is 8.44. The molecule has 0 spiro atoms. The number of aromatic hydroxyl groups is 1. The Morgan fingerprint density at radius 1 is 1.19 bits per heavy atom. The molecule has 0 heterocycles. The third kappa shape index (κ3) is 4.37. The molecule has 0 aliphatic heterocycles. The number of phenolic OH excluding ortho intramolecular Hbond substituents is 1. The zero-order valence-corrected chi connectivity index (χ0v) is 13.0. The van der Waals surface area contributed by atoms with E-state index in [2.05, 4.69) is 4.72 Å². The molecule has 0 saturated carbocycles. The molecule has 0 bridgehead atoms. The van der Waals surface area contributed by atoms with Crippen molar-refractivity contribution >= 4 is 27.3 Å². The molecule has 1 unspecified atom stereocenters. The van der Waals surface area contributed by atoms with E-state index in [1.807, 2.05) is 37.3 Å². The van der Waals surface area contributed by atoms with Crippen LogP contribution in [0.5, 0.6) is 5.75 Å². The molecule has 21 heavy (non-hydrogen) atoms. The van der Waals surface area contributed by atoms with E-state index in [1.54, 1.807) is 0 Å². The van der Waals surface area contributed by atoms with Gasteiger partial charge in [0, 0.05) is 6.07 Å². The van der Waals surface area contributed by atoms with Gasteiger partial charge in [0.1, 0.15) is 5.75 Å². The molecule has 2 aromatic rings. The molecule has 0 amide bonds. The molecule has 2 N–H and O–H groups in total. The van der Waals surface area contributed by atoms with Crippen molar-refractivity contribution in [3.63, 3.8) is 0 Å². The summed E-state index contributed by atoms with van der Waals surface area (Å²) >= 11 is 5.90. The number of sulfonamides is 1. The van der Waals surface area contributed by atoms with Gasteiger partial charge in [-0.25, -0.2) is 8.42 Å². The summed E-state index contributed by atoms with van der Waals surface area (Å²) in [4.78, 5) is 0. The van der Waals surface area contributed by atoms with Crippen LogP contribution in [-0.4, -0.2) is 19.3 Å². The van der Waals surface area contributed by atoms with Crippen molar-refractivity contribution in [1.29, 1.82) is 0 Å². The third-order valence-corrected chi connectivity index (χ3v) is 4.84. The van der Waals surface area contributed by atoms with Crippen molar-refractivity contribution in [3.8, 4) is 5.75 Å². The predicted octanol–water partition coefficient (Wildman–Crippen LogP) is 3.59. The fourth-order valence-corrected chi connectivity index (χ4v) is 3.73. The summed E-state index contributed by atoms with van der Waals surface area (Å²) in [5.41, 5.74) is 1.22. The van der Waals surface area contributed by atoms with E-state index in [9.17, 15) is 13.5 Å². The van der Waals surface area contributed by atoms with Crippen LogP contribution in [0.25, 0.3) is 0 Å². The van der Waals surface area contributed by atoms with Crippen LogP contribution in [0, 0.1) is 0 Å². The van der Waals surface area contributed by atoms with Gasteiger partial charge in [0.15, 0.2) is 0 Å². The maximum absolute atomic E-state index is 12.2. The lowest BCUT2D eigenvalue weighted by atomic mass is 10.0. The van der Waals surface area contributed by atoms with Crippen LogP contribution in [0.2, 0.25) is 5.02 Å². The summed E-state index contributed by atoms with van der Waals surface area (Å²) in [5, 5.41) is 9.43. The Hall–Kier alpha value is -1.72. The van der Waals surface area contributed by atoms with Gasteiger partial charge in [-0.2, -0.15) is 0 Å². The SMILES string of the molecule is CC(CS(=O)(=O)Nc1ccc(O)cc1Cl)c1ccccc1. The fraction of sp³-hybridized carbons (Fsp3) is 0.200. The summed E-state index contributed by atoms with van der Waals surface area (Å²) in [5.74, 6) is -0.200.